The Balaban J connectivity index is 1.96. The number of hydrogen-bond acceptors (Lipinski definition) is 4. The Morgan fingerprint density at radius 2 is 2.12 bits per heavy atom. The quantitative estimate of drug-likeness (QED) is 0.863. The average molecular weight is 340 g/mol. The summed E-state index contributed by atoms with van der Waals surface area (Å²) in [5.74, 6) is 0.297. The minimum absolute atomic E-state index is 0.154. The molecule has 0 aliphatic carbocycles. The highest BCUT2D eigenvalue weighted by Gasteiger charge is 2.05. The molecule has 0 fully saturated rings. The van der Waals surface area contributed by atoms with Crippen LogP contribution in [0.2, 0.25) is 0 Å². The molecule has 2 heterocycles. The van der Waals surface area contributed by atoms with E-state index in [-0.39, 0.29) is 12.3 Å². The standard InChI is InChI=1S/C11H9IN4O/c12-9-4-5-10(16-15-9)14-11(17)7-8-3-1-2-6-13-8/h1-6H,7H2,(H,14,16,17). The van der Waals surface area contributed by atoms with Crippen molar-refractivity contribution < 1.29 is 4.79 Å². The summed E-state index contributed by atoms with van der Waals surface area (Å²) in [6.07, 6.45) is 1.89. The van der Waals surface area contributed by atoms with Gasteiger partial charge in [0.25, 0.3) is 0 Å². The van der Waals surface area contributed by atoms with Gasteiger partial charge in [0.05, 0.1) is 6.42 Å². The summed E-state index contributed by atoms with van der Waals surface area (Å²) in [7, 11) is 0. The van der Waals surface area contributed by atoms with Gasteiger partial charge in [-0.1, -0.05) is 6.07 Å². The van der Waals surface area contributed by atoms with Gasteiger partial charge in [-0.05, 0) is 46.9 Å². The van der Waals surface area contributed by atoms with Gasteiger partial charge in [0, 0.05) is 11.9 Å². The molecule has 0 aliphatic heterocycles. The Hall–Kier alpha value is -1.57. The highest BCUT2D eigenvalue weighted by Crippen LogP contribution is 2.04. The summed E-state index contributed by atoms with van der Waals surface area (Å²) < 4.78 is 0.783. The Bertz CT molecular complexity index is 501. The number of nitrogens with zero attached hydrogens (tertiary/aromatic N) is 3. The van der Waals surface area contributed by atoms with E-state index in [0.717, 1.165) is 9.39 Å². The molecule has 2 rings (SSSR count). The molecule has 0 saturated heterocycles. The molecule has 5 nitrogen and oxygen atoms in total. The van der Waals surface area contributed by atoms with Crippen molar-refractivity contribution >= 4 is 34.3 Å². The van der Waals surface area contributed by atoms with Crippen molar-refractivity contribution in [3.05, 3.63) is 45.9 Å². The van der Waals surface area contributed by atoms with Gasteiger partial charge in [-0.15, -0.1) is 10.2 Å². The molecule has 86 valence electrons. The van der Waals surface area contributed by atoms with E-state index in [0.29, 0.717) is 5.82 Å². The lowest BCUT2D eigenvalue weighted by Crippen LogP contribution is -2.16. The molecule has 0 unspecified atom stereocenters. The maximum Gasteiger partial charge on any atom is 0.231 e. The number of aromatic nitrogens is 3. The Kier molecular flexibility index (Phi) is 3.97. The van der Waals surface area contributed by atoms with Crippen LogP contribution >= 0.6 is 22.6 Å². The monoisotopic (exact) mass is 340 g/mol. The van der Waals surface area contributed by atoms with Crippen molar-refractivity contribution in [3.63, 3.8) is 0 Å². The molecule has 2 aromatic rings. The number of anilines is 1. The third kappa shape index (κ3) is 3.74. The highest BCUT2D eigenvalue weighted by molar-refractivity contribution is 14.1. The fourth-order valence-corrected chi connectivity index (χ4v) is 1.52. The first-order valence-corrected chi connectivity index (χ1v) is 6.01. The van der Waals surface area contributed by atoms with E-state index in [2.05, 4.69) is 43.1 Å². The summed E-state index contributed by atoms with van der Waals surface area (Å²) in [5, 5.41) is 10.4. The van der Waals surface area contributed by atoms with Crippen LogP contribution in [-0.4, -0.2) is 21.1 Å². The van der Waals surface area contributed by atoms with Gasteiger partial charge in [0.2, 0.25) is 5.91 Å². The van der Waals surface area contributed by atoms with Crippen molar-refractivity contribution in [1.82, 2.24) is 15.2 Å². The SMILES string of the molecule is O=C(Cc1ccccn1)Nc1ccc(I)nn1. The summed E-state index contributed by atoms with van der Waals surface area (Å²) in [6, 6.07) is 8.96. The van der Waals surface area contributed by atoms with Gasteiger partial charge in [0.15, 0.2) is 5.82 Å². The maximum atomic E-state index is 11.6. The number of carbonyl (C=O) groups is 1. The molecule has 2 aromatic heterocycles. The summed E-state index contributed by atoms with van der Waals surface area (Å²) in [4.78, 5) is 15.7. The molecule has 0 spiro atoms. The number of halogens is 1. The Labute approximate surface area is 112 Å². The fraction of sp³-hybridized carbons (Fsp3) is 0.0909. The topological polar surface area (TPSA) is 67.8 Å². The highest BCUT2D eigenvalue weighted by atomic mass is 127. The average Bonchev–Trinajstić information content (AvgIpc) is 2.33. The third-order valence-electron chi connectivity index (χ3n) is 1.97. The number of amides is 1. The molecular formula is C11H9IN4O. The van der Waals surface area contributed by atoms with E-state index in [1.807, 2.05) is 12.1 Å². The molecule has 1 amide bonds. The van der Waals surface area contributed by atoms with E-state index in [4.69, 9.17) is 0 Å². The van der Waals surface area contributed by atoms with E-state index in [1.54, 1.807) is 24.4 Å². The van der Waals surface area contributed by atoms with Crippen LogP contribution in [0.1, 0.15) is 5.69 Å². The van der Waals surface area contributed by atoms with Crippen LogP contribution in [-0.2, 0) is 11.2 Å². The van der Waals surface area contributed by atoms with E-state index >= 15 is 0 Å². The van der Waals surface area contributed by atoms with Crippen molar-refractivity contribution in [2.75, 3.05) is 5.32 Å². The molecule has 0 aliphatic rings. The minimum atomic E-state index is -0.154. The van der Waals surface area contributed by atoms with Crippen molar-refractivity contribution in [3.8, 4) is 0 Å². The van der Waals surface area contributed by atoms with Crippen LogP contribution in [0.15, 0.2) is 36.5 Å². The Morgan fingerprint density at radius 3 is 2.76 bits per heavy atom. The second kappa shape index (κ2) is 5.67. The summed E-state index contributed by atoms with van der Waals surface area (Å²) in [5.41, 5.74) is 0.725. The second-order valence-corrected chi connectivity index (χ2v) is 4.39. The zero-order valence-electron chi connectivity index (χ0n) is 8.80. The lowest BCUT2D eigenvalue weighted by molar-refractivity contribution is -0.115. The van der Waals surface area contributed by atoms with Gasteiger partial charge in [-0.2, -0.15) is 0 Å². The van der Waals surface area contributed by atoms with Crippen molar-refractivity contribution in [2.45, 2.75) is 6.42 Å². The molecular weight excluding hydrogens is 331 g/mol. The first-order chi connectivity index (χ1) is 8.24. The predicted molar refractivity (Wildman–Crippen MR) is 71.3 cm³/mol. The molecule has 1 N–H and O–H groups in total. The van der Waals surface area contributed by atoms with Crippen LogP contribution in [0.3, 0.4) is 0 Å². The van der Waals surface area contributed by atoms with Gasteiger partial charge in [-0.25, -0.2) is 0 Å². The zero-order valence-corrected chi connectivity index (χ0v) is 11.0. The van der Waals surface area contributed by atoms with Crippen LogP contribution in [0.4, 0.5) is 5.82 Å². The van der Waals surface area contributed by atoms with E-state index in [1.165, 1.54) is 0 Å². The molecule has 17 heavy (non-hydrogen) atoms. The molecule has 0 aromatic carbocycles. The minimum Gasteiger partial charge on any atom is -0.309 e. The van der Waals surface area contributed by atoms with Crippen LogP contribution in [0.25, 0.3) is 0 Å². The van der Waals surface area contributed by atoms with Crippen LogP contribution < -0.4 is 5.32 Å². The zero-order chi connectivity index (χ0) is 12.1. The first-order valence-electron chi connectivity index (χ1n) is 4.93. The van der Waals surface area contributed by atoms with Gasteiger partial charge in [-0.3, -0.25) is 9.78 Å². The van der Waals surface area contributed by atoms with E-state index in [9.17, 15) is 4.79 Å². The van der Waals surface area contributed by atoms with Crippen molar-refractivity contribution in [2.24, 2.45) is 0 Å². The number of nitrogens with one attached hydrogen (secondary N) is 1. The van der Waals surface area contributed by atoms with Gasteiger partial charge in [0.1, 0.15) is 3.70 Å². The lowest BCUT2D eigenvalue weighted by Gasteiger charge is -2.02. The molecule has 0 radical (unpaired) electrons. The number of pyridine rings is 1. The van der Waals surface area contributed by atoms with Crippen molar-refractivity contribution in [1.29, 1.82) is 0 Å². The molecule has 6 heteroatoms. The smallest absolute Gasteiger partial charge is 0.231 e. The number of rotatable bonds is 3. The normalized spacial score (nSPS) is 9.94. The van der Waals surface area contributed by atoms with E-state index < -0.39 is 0 Å². The largest absolute Gasteiger partial charge is 0.309 e. The molecule has 0 bridgehead atoms. The lowest BCUT2D eigenvalue weighted by atomic mass is 10.2. The third-order valence-corrected chi connectivity index (χ3v) is 2.54. The Morgan fingerprint density at radius 1 is 1.24 bits per heavy atom. The van der Waals surface area contributed by atoms with Gasteiger partial charge < -0.3 is 5.32 Å². The van der Waals surface area contributed by atoms with Crippen LogP contribution in [0.5, 0.6) is 0 Å². The number of carbonyl (C=O) groups excluding carboxylic acids is 1. The summed E-state index contributed by atoms with van der Waals surface area (Å²) in [6.45, 7) is 0. The number of hydrogen-bond donors (Lipinski definition) is 1. The fourth-order valence-electron chi connectivity index (χ4n) is 1.24. The molecule has 0 saturated carbocycles. The second-order valence-electron chi connectivity index (χ2n) is 3.29. The van der Waals surface area contributed by atoms with Crippen LogP contribution in [0, 0.1) is 3.70 Å². The summed E-state index contributed by atoms with van der Waals surface area (Å²) >= 11 is 2.05. The molecule has 0 atom stereocenters. The van der Waals surface area contributed by atoms with Gasteiger partial charge >= 0.3 is 0 Å². The predicted octanol–water partition coefficient (Wildman–Crippen LogP) is 1.66. The maximum absolute atomic E-state index is 11.6. The first kappa shape index (κ1) is 11.9.